The predicted molar refractivity (Wildman–Crippen MR) is 68.5 cm³/mol. The normalized spacial score (nSPS) is 18.8. The lowest BCUT2D eigenvalue weighted by Gasteiger charge is -2.36. The van der Waals surface area contributed by atoms with Gasteiger partial charge in [-0.2, -0.15) is 0 Å². The second-order valence-electron chi connectivity index (χ2n) is 5.28. The fourth-order valence-corrected chi connectivity index (χ4v) is 2.63. The van der Waals surface area contributed by atoms with E-state index in [2.05, 4.69) is 10.1 Å². The molecule has 1 aliphatic heterocycles. The molecule has 0 atom stereocenters. The van der Waals surface area contributed by atoms with Crippen molar-refractivity contribution in [2.45, 2.75) is 25.6 Å². The van der Waals surface area contributed by atoms with Crippen molar-refractivity contribution < 1.29 is 23.0 Å². The van der Waals surface area contributed by atoms with E-state index < -0.39 is 6.36 Å². The largest absolute Gasteiger partial charge is 0.573 e. The highest BCUT2D eigenvalue weighted by Crippen LogP contribution is 2.33. The SMILES string of the molecule is OCC1(Cc2cccc(OC(F)(F)F)c2)CCNCC1. The van der Waals surface area contributed by atoms with Crippen LogP contribution in [0, 0.1) is 5.41 Å². The molecular formula is C14H18F3NO2. The smallest absolute Gasteiger partial charge is 0.406 e. The minimum Gasteiger partial charge on any atom is -0.406 e. The molecule has 1 heterocycles. The van der Waals surface area contributed by atoms with Gasteiger partial charge < -0.3 is 15.2 Å². The van der Waals surface area contributed by atoms with Crippen LogP contribution >= 0.6 is 0 Å². The van der Waals surface area contributed by atoms with Crippen molar-refractivity contribution in [2.75, 3.05) is 19.7 Å². The summed E-state index contributed by atoms with van der Waals surface area (Å²) in [7, 11) is 0. The molecule has 1 aromatic carbocycles. The van der Waals surface area contributed by atoms with E-state index in [9.17, 15) is 18.3 Å². The zero-order valence-electron chi connectivity index (χ0n) is 11.0. The molecule has 6 heteroatoms. The van der Waals surface area contributed by atoms with Gasteiger partial charge in [-0.05, 0) is 55.5 Å². The van der Waals surface area contributed by atoms with Crippen LogP contribution in [0.4, 0.5) is 13.2 Å². The minimum absolute atomic E-state index is 0.0407. The van der Waals surface area contributed by atoms with E-state index in [1.807, 2.05) is 0 Å². The molecule has 0 spiro atoms. The van der Waals surface area contributed by atoms with Crippen LogP contribution in [0.1, 0.15) is 18.4 Å². The molecule has 2 N–H and O–H groups in total. The summed E-state index contributed by atoms with van der Waals surface area (Å²) in [4.78, 5) is 0. The molecule has 0 radical (unpaired) electrons. The van der Waals surface area contributed by atoms with Crippen LogP contribution in [0.25, 0.3) is 0 Å². The number of nitrogens with one attached hydrogen (secondary N) is 1. The second-order valence-corrected chi connectivity index (χ2v) is 5.28. The van der Waals surface area contributed by atoms with Gasteiger partial charge in [-0.3, -0.25) is 0 Å². The van der Waals surface area contributed by atoms with E-state index in [0.29, 0.717) is 6.42 Å². The zero-order valence-corrected chi connectivity index (χ0v) is 11.0. The van der Waals surface area contributed by atoms with Crippen molar-refractivity contribution in [3.63, 3.8) is 0 Å². The number of aliphatic hydroxyl groups excluding tert-OH is 1. The molecule has 2 rings (SSSR count). The number of aliphatic hydroxyl groups is 1. The molecule has 0 aliphatic carbocycles. The van der Waals surface area contributed by atoms with E-state index in [0.717, 1.165) is 31.5 Å². The highest BCUT2D eigenvalue weighted by atomic mass is 19.4. The van der Waals surface area contributed by atoms with Crippen LogP contribution < -0.4 is 10.1 Å². The zero-order chi connectivity index (χ0) is 14.6. The summed E-state index contributed by atoms with van der Waals surface area (Å²) < 4.78 is 40.5. The van der Waals surface area contributed by atoms with Gasteiger partial charge in [0.1, 0.15) is 5.75 Å². The van der Waals surface area contributed by atoms with E-state index in [1.165, 1.54) is 12.1 Å². The summed E-state index contributed by atoms with van der Waals surface area (Å²) in [6.07, 6.45) is -2.50. The molecule has 0 bridgehead atoms. The third-order valence-electron chi connectivity index (χ3n) is 3.71. The molecule has 1 aromatic rings. The van der Waals surface area contributed by atoms with E-state index in [-0.39, 0.29) is 17.8 Å². The molecule has 0 aromatic heterocycles. The average molecular weight is 289 g/mol. The van der Waals surface area contributed by atoms with Crippen LogP contribution in [-0.4, -0.2) is 31.2 Å². The third-order valence-corrected chi connectivity index (χ3v) is 3.71. The molecule has 112 valence electrons. The molecule has 20 heavy (non-hydrogen) atoms. The average Bonchev–Trinajstić information content (AvgIpc) is 2.38. The first-order valence-electron chi connectivity index (χ1n) is 6.59. The Bertz CT molecular complexity index is 442. The summed E-state index contributed by atoms with van der Waals surface area (Å²) in [6.45, 7) is 1.68. The fraction of sp³-hybridized carbons (Fsp3) is 0.571. The van der Waals surface area contributed by atoms with Crippen molar-refractivity contribution in [1.29, 1.82) is 0 Å². The van der Waals surface area contributed by atoms with Crippen molar-refractivity contribution >= 4 is 0 Å². The highest BCUT2D eigenvalue weighted by Gasteiger charge is 2.33. The number of alkyl halides is 3. The van der Waals surface area contributed by atoms with Gasteiger partial charge in [0.05, 0.1) is 0 Å². The first kappa shape index (κ1) is 15.1. The van der Waals surface area contributed by atoms with E-state index in [4.69, 9.17) is 0 Å². The Morgan fingerprint density at radius 3 is 2.55 bits per heavy atom. The maximum atomic E-state index is 12.2. The van der Waals surface area contributed by atoms with Crippen LogP contribution in [0.2, 0.25) is 0 Å². The van der Waals surface area contributed by atoms with Gasteiger partial charge >= 0.3 is 6.36 Å². The summed E-state index contributed by atoms with van der Waals surface area (Å²) >= 11 is 0. The third kappa shape index (κ3) is 4.11. The Balaban J connectivity index is 2.10. The van der Waals surface area contributed by atoms with Crippen molar-refractivity contribution in [3.05, 3.63) is 29.8 Å². The monoisotopic (exact) mass is 289 g/mol. The van der Waals surface area contributed by atoms with Crippen molar-refractivity contribution in [3.8, 4) is 5.75 Å². The Morgan fingerprint density at radius 1 is 1.25 bits per heavy atom. The predicted octanol–water partition coefficient (Wildman–Crippen LogP) is 2.49. The van der Waals surface area contributed by atoms with Gasteiger partial charge in [0.2, 0.25) is 0 Å². The topological polar surface area (TPSA) is 41.5 Å². The Hall–Kier alpha value is -1.27. The minimum atomic E-state index is -4.68. The molecule has 1 fully saturated rings. The Labute approximate surface area is 115 Å². The molecule has 0 unspecified atom stereocenters. The fourth-order valence-electron chi connectivity index (χ4n) is 2.63. The van der Waals surface area contributed by atoms with Crippen LogP contribution in [0.3, 0.4) is 0 Å². The molecule has 1 saturated heterocycles. The van der Waals surface area contributed by atoms with Gasteiger partial charge in [-0.25, -0.2) is 0 Å². The summed E-state index contributed by atoms with van der Waals surface area (Å²) in [6, 6.07) is 5.99. The lowest BCUT2D eigenvalue weighted by molar-refractivity contribution is -0.274. The maximum Gasteiger partial charge on any atom is 0.573 e. The van der Waals surface area contributed by atoms with Crippen molar-refractivity contribution in [1.82, 2.24) is 5.32 Å². The first-order chi connectivity index (χ1) is 9.42. The Kier molecular flexibility index (Phi) is 4.55. The number of piperidine rings is 1. The molecule has 0 saturated carbocycles. The van der Waals surface area contributed by atoms with Crippen LogP contribution in [0.5, 0.6) is 5.75 Å². The van der Waals surface area contributed by atoms with Gasteiger partial charge in [-0.1, -0.05) is 12.1 Å². The second kappa shape index (κ2) is 6.01. The van der Waals surface area contributed by atoms with Crippen molar-refractivity contribution in [2.24, 2.45) is 5.41 Å². The van der Waals surface area contributed by atoms with Gasteiger partial charge in [-0.15, -0.1) is 13.2 Å². The van der Waals surface area contributed by atoms with E-state index in [1.54, 1.807) is 12.1 Å². The number of ether oxygens (including phenoxy) is 1. The maximum absolute atomic E-state index is 12.2. The number of benzene rings is 1. The van der Waals surface area contributed by atoms with E-state index >= 15 is 0 Å². The van der Waals surface area contributed by atoms with Gasteiger partial charge in [0.15, 0.2) is 0 Å². The number of halogens is 3. The quantitative estimate of drug-likeness (QED) is 0.895. The highest BCUT2D eigenvalue weighted by molar-refractivity contribution is 5.29. The number of hydrogen-bond donors (Lipinski definition) is 2. The molecule has 3 nitrogen and oxygen atoms in total. The van der Waals surface area contributed by atoms with Gasteiger partial charge in [0.25, 0.3) is 0 Å². The summed E-state index contributed by atoms with van der Waals surface area (Å²) in [5.74, 6) is -0.211. The molecule has 0 amide bonds. The lowest BCUT2D eigenvalue weighted by Crippen LogP contribution is -2.40. The lowest BCUT2D eigenvalue weighted by atomic mass is 9.75. The standard InChI is InChI=1S/C14H18F3NO2/c15-14(16,17)20-12-3-1-2-11(8-12)9-13(10-19)4-6-18-7-5-13/h1-3,8,18-19H,4-7,9-10H2. The molecular weight excluding hydrogens is 271 g/mol. The first-order valence-corrected chi connectivity index (χ1v) is 6.59. The Morgan fingerprint density at radius 2 is 1.95 bits per heavy atom. The molecule has 1 aliphatic rings. The summed E-state index contributed by atoms with van der Waals surface area (Å²) in [5.41, 5.74) is 0.505. The van der Waals surface area contributed by atoms with Gasteiger partial charge in [0, 0.05) is 6.61 Å². The summed E-state index contributed by atoms with van der Waals surface area (Å²) in [5, 5.41) is 12.8. The van der Waals surface area contributed by atoms with Crippen LogP contribution in [-0.2, 0) is 6.42 Å². The number of hydrogen-bond acceptors (Lipinski definition) is 3. The van der Waals surface area contributed by atoms with Crippen LogP contribution in [0.15, 0.2) is 24.3 Å². The number of rotatable bonds is 4.